The van der Waals surface area contributed by atoms with Crippen LogP contribution in [-0.4, -0.2) is 153 Å². The van der Waals surface area contributed by atoms with Gasteiger partial charge < -0.3 is 34.5 Å². The van der Waals surface area contributed by atoms with Gasteiger partial charge in [-0.25, -0.2) is 57.4 Å². The number of fused-ring (bicyclic) bond motifs is 4. The largest absolute Gasteiger partial charge is 0.395 e. The van der Waals surface area contributed by atoms with Gasteiger partial charge in [-0.15, -0.1) is 0 Å². The molecule has 9 heterocycles. The average Bonchev–Trinajstić information content (AvgIpc) is 4.07. The molecule has 0 saturated carbocycles. The molecular weight excluding hydrogens is 1040 g/mol. The summed E-state index contributed by atoms with van der Waals surface area (Å²) in [4.78, 5) is 46.3. The van der Waals surface area contributed by atoms with Crippen molar-refractivity contribution in [2.45, 2.75) is 98.4 Å². The van der Waals surface area contributed by atoms with Crippen LogP contribution in [0.25, 0.3) is 44.6 Å². The molecule has 1 atom stereocenters. The standard InChI is InChI=1S/C59H70F4N16O2/c1-34-65-53-40(60)26-38(28-45(53)78(34)58(3,4)5)51-42(62)30-64-56(71-51)69-48-12-10-37-32-76(17-15-43(37)67-48)20-21-77-23-25-81-33-47(77)55-50(63)52(39-27-41(61)54-46(29-39)79(35(2)66-54)59(6,7)8)72-57(73-55)70-49-13-11-36-31-75(16-14-44(36)68-49)19-18-74(9)22-24-80/h10-13,26-30,47,80H,14-25,31-33H2,1-9H3,(H,64,67,69,71)(H,68,70,72,73). The summed E-state index contributed by atoms with van der Waals surface area (Å²) in [7, 11) is 2.01. The molecule has 6 aromatic heterocycles. The number of morpholine rings is 1. The van der Waals surface area contributed by atoms with Crippen LogP contribution in [0.3, 0.4) is 0 Å². The molecule has 1 fully saturated rings. The molecule has 0 aliphatic carbocycles. The number of pyridine rings is 2. The van der Waals surface area contributed by atoms with Gasteiger partial charge in [0.05, 0.1) is 43.1 Å². The van der Waals surface area contributed by atoms with Gasteiger partial charge in [0.1, 0.15) is 51.4 Å². The van der Waals surface area contributed by atoms with Gasteiger partial charge in [-0.1, -0.05) is 12.1 Å². The van der Waals surface area contributed by atoms with E-state index in [4.69, 9.17) is 24.7 Å². The Hall–Kier alpha value is -7.08. The molecular formula is C59H70F4N16O2. The number of hydrogen-bond donors (Lipinski definition) is 3. The normalized spacial score (nSPS) is 16.7. The topological polar surface area (TPSA) is 179 Å². The number of rotatable bonds is 15. The summed E-state index contributed by atoms with van der Waals surface area (Å²) < 4.78 is 74.7. The maximum Gasteiger partial charge on any atom is 0.229 e. The molecule has 0 bridgehead atoms. The Kier molecular flexibility index (Phi) is 15.4. The van der Waals surface area contributed by atoms with Crippen LogP contribution in [0.4, 0.5) is 41.1 Å². The first-order valence-corrected chi connectivity index (χ1v) is 27.8. The van der Waals surface area contributed by atoms with Gasteiger partial charge in [0.15, 0.2) is 23.3 Å². The number of imidazole rings is 2. The third-order valence-electron chi connectivity index (χ3n) is 15.5. The summed E-state index contributed by atoms with van der Waals surface area (Å²) in [6.45, 7) is 23.5. The summed E-state index contributed by atoms with van der Waals surface area (Å²) in [6.07, 6.45) is 2.46. The number of aliphatic hydroxyl groups is 1. The molecule has 22 heteroatoms. The van der Waals surface area contributed by atoms with E-state index < -0.39 is 40.4 Å². The van der Waals surface area contributed by atoms with Crippen LogP contribution in [0.1, 0.15) is 87.4 Å². The Morgan fingerprint density at radius 3 is 1.78 bits per heavy atom. The van der Waals surface area contributed by atoms with Crippen molar-refractivity contribution in [1.82, 2.24) is 68.6 Å². The average molecular weight is 1110 g/mol. The monoisotopic (exact) mass is 1110 g/mol. The molecule has 2 aromatic carbocycles. The van der Waals surface area contributed by atoms with Crippen molar-refractivity contribution in [3.05, 3.63) is 118 Å². The molecule has 0 amide bonds. The zero-order valence-corrected chi connectivity index (χ0v) is 47.5. The molecule has 81 heavy (non-hydrogen) atoms. The van der Waals surface area contributed by atoms with Crippen LogP contribution in [0.5, 0.6) is 0 Å². The fraction of sp³-hybridized carbons (Fsp3) is 0.458. The third-order valence-corrected chi connectivity index (χ3v) is 15.5. The third kappa shape index (κ3) is 11.6. The molecule has 11 rings (SSSR count). The number of aryl methyl sites for hydroxylation is 2. The molecule has 18 nitrogen and oxygen atoms in total. The van der Waals surface area contributed by atoms with Crippen LogP contribution in [0, 0.1) is 37.1 Å². The fourth-order valence-corrected chi connectivity index (χ4v) is 11.8. The zero-order valence-electron chi connectivity index (χ0n) is 47.5. The maximum absolute atomic E-state index is 17.6. The van der Waals surface area contributed by atoms with Crippen molar-refractivity contribution in [1.29, 1.82) is 0 Å². The molecule has 1 saturated heterocycles. The van der Waals surface area contributed by atoms with Gasteiger partial charge >= 0.3 is 0 Å². The first kappa shape index (κ1) is 55.8. The number of aromatic nitrogens is 10. The van der Waals surface area contributed by atoms with Gasteiger partial charge in [0.25, 0.3) is 0 Å². The van der Waals surface area contributed by atoms with Crippen LogP contribution in [-0.2, 0) is 41.7 Å². The van der Waals surface area contributed by atoms with E-state index in [1.807, 2.05) is 89.8 Å². The number of nitrogens with one attached hydrogen (secondary N) is 2. The Bertz CT molecular complexity index is 3670. The van der Waals surface area contributed by atoms with Crippen molar-refractivity contribution < 1.29 is 27.4 Å². The van der Waals surface area contributed by atoms with Crippen molar-refractivity contribution >= 4 is 45.6 Å². The predicted molar refractivity (Wildman–Crippen MR) is 304 cm³/mol. The second-order valence-electron chi connectivity index (χ2n) is 23.5. The Labute approximate surface area is 468 Å². The SMILES string of the molecule is Cc1nc2c(F)cc(-c3nc(Nc4ccc5c(n4)CCN(CCN4CCOCC4c4nc(Nc6ccc7c(n6)CCN(CCN(C)CCO)C7)nc(-c6cc(F)c7nc(C)n(C(C)(C)C)c7c6)c4F)C5)ncc3F)cc2n1C(C)(C)C. The highest BCUT2D eigenvalue weighted by Gasteiger charge is 2.33. The maximum atomic E-state index is 17.6. The van der Waals surface area contributed by atoms with Crippen molar-refractivity contribution in [3.63, 3.8) is 0 Å². The minimum atomic E-state index is -0.693. The summed E-state index contributed by atoms with van der Waals surface area (Å²) in [5.41, 5.74) is 5.20. The van der Waals surface area contributed by atoms with E-state index in [2.05, 4.69) is 56.2 Å². The highest BCUT2D eigenvalue weighted by molar-refractivity contribution is 5.84. The number of nitrogens with zero attached hydrogens (tertiary/aromatic N) is 14. The molecule has 3 N–H and O–H groups in total. The lowest BCUT2D eigenvalue weighted by Gasteiger charge is -2.37. The van der Waals surface area contributed by atoms with E-state index >= 15 is 17.6 Å². The number of aliphatic hydroxyl groups excluding tert-OH is 1. The summed E-state index contributed by atoms with van der Waals surface area (Å²) in [5, 5.41) is 15.8. The van der Waals surface area contributed by atoms with Crippen LogP contribution in [0.15, 0.2) is 54.7 Å². The van der Waals surface area contributed by atoms with E-state index in [-0.39, 0.29) is 64.4 Å². The van der Waals surface area contributed by atoms with Gasteiger partial charge in [0.2, 0.25) is 11.9 Å². The molecule has 426 valence electrons. The van der Waals surface area contributed by atoms with Gasteiger partial charge in [0, 0.05) is 112 Å². The molecule has 8 aromatic rings. The van der Waals surface area contributed by atoms with Crippen molar-refractivity contribution in [2.24, 2.45) is 0 Å². The number of benzene rings is 2. The van der Waals surface area contributed by atoms with Gasteiger partial charge in [-0.2, -0.15) is 0 Å². The molecule has 3 aliphatic rings. The minimum absolute atomic E-state index is 0.0530. The molecule has 1 unspecified atom stereocenters. The number of ether oxygens (including phenoxy) is 1. The van der Waals surface area contributed by atoms with E-state index in [0.717, 1.165) is 61.3 Å². The van der Waals surface area contributed by atoms with E-state index in [9.17, 15) is 5.11 Å². The second kappa shape index (κ2) is 22.3. The van der Waals surface area contributed by atoms with E-state index in [1.54, 1.807) is 12.1 Å². The van der Waals surface area contributed by atoms with Gasteiger partial charge in [-0.05, 0) is 110 Å². The summed E-state index contributed by atoms with van der Waals surface area (Å²) in [6, 6.07) is 13.2. The number of likely N-dealkylation sites (N-methyl/N-ethyl adjacent to an activating group) is 1. The molecule has 0 radical (unpaired) electrons. The van der Waals surface area contributed by atoms with Crippen molar-refractivity contribution in [2.75, 3.05) is 89.9 Å². The first-order chi connectivity index (χ1) is 38.7. The second-order valence-corrected chi connectivity index (χ2v) is 23.5. The summed E-state index contributed by atoms with van der Waals surface area (Å²) >= 11 is 0. The number of halogens is 4. The molecule has 3 aliphatic heterocycles. The van der Waals surface area contributed by atoms with E-state index in [1.165, 1.54) is 12.1 Å². The Morgan fingerprint density at radius 2 is 1.20 bits per heavy atom. The molecule has 0 spiro atoms. The van der Waals surface area contributed by atoms with Crippen LogP contribution in [0.2, 0.25) is 0 Å². The van der Waals surface area contributed by atoms with Crippen LogP contribution >= 0.6 is 0 Å². The smallest absolute Gasteiger partial charge is 0.229 e. The minimum Gasteiger partial charge on any atom is -0.395 e. The first-order valence-electron chi connectivity index (χ1n) is 27.8. The highest BCUT2D eigenvalue weighted by Crippen LogP contribution is 2.37. The number of anilines is 4. The lowest BCUT2D eigenvalue weighted by atomic mass is 10.0. The highest BCUT2D eigenvalue weighted by atomic mass is 19.1. The van der Waals surface area contributed by atoms with Crippen molar-refractivity contribution in [3.8, 4) is 22.5 Å². The number of hydrogen-bond acceptors (Lipinski definition) is 16. The van der Waals surface area contributed by atoms with Crippen LogP contribution < -0.4 is 10.6 Å². The lowest BCUT2D eigenvalue weighted by molar-refractivity contribution is -0.0153. The quantitative estimate of drug-likeness (QED) is 0.0828. The lowest BCUT2D eigenvalue weighted by Crippen LogP contribution is -2.45. The predicted octanol–water partition coefficient (Wildman–Crippen LogP) is 8.97. The Morgan fingerprint density at radius 1 is 0.642 bits per heavy atom. The summed E-state index contributed by atoms with van der Waals surface area (Å²) in [5.74, 6) is 0.00816. The van der Waals surface area contributed by atoms with E-state index in [0.29, 0.717) is 86.6 Å². The fourth-order valence-electron chi connectivity index (χ4n) is 11.8. The zero-order chi connectivity index (χ0) is 57.1. The van der Waals surface area contributed by atoms with Gasteiger partial charge in [-0.3, -0.25) is 14.7 Å². The Balaban J connectivity index is 0.822.